The number of nitrogens with one attached hydrogen (secondary N) is 1. The molecule has 2 aromatic rings. The third-order valence-electron chi connectivity index (χ3n) is 2.93. The second-order valence-electron chi connectivity index (χ2n) is 4.41. The van der Waals surface area contributed by atoms with Gasteiger partial charge in [0.15, 0.2) is 0 Å². The van der Waals surface area contributed by atoms with Crippen molar-refractivity contribution in [3.05, 3.63) is 64.4 Å². The van der Waals surface area contributed by atoms with E-state index in [1.807, 2.05) is 0 Å². The van der Waals surface area contributed by atoms with Gasteiger partial charge in [-0.05, 0) is 41.5 Å². The number of sulfonamides is 1. The van der Waals surface area contributed by atoms with Gasteiger partial charge in [0.05, 0.1) is 4.90 Å². The van der Waals surface area contributed by atoms with Crippen molar-refractivity contribution in [1.82, 2.24) is 4.72 Å². The molecule has 0 unspecified atom stereocenters. The van der Waals surface area contributed by atoms with E-state index in [4.69, 9.17) is 17.3 Å². The summed E-state index contributed by atoms with van der Waals surface area (Å²) in [4.78, 5) is 0.0921. The third kappa shape index (κ3) is 4.01. The smallest absolute Gasteiger partial charge is 0.240 e. The topological polar surface area (TPSA) is 72.2 Å². The van der Waals surface area contributed by atoms with Crippen molar-refractivity contribution in [3.8, 4) is 0 Å². The summed E-state index contributed by atoms with van der Waals surface area (Å²) in [5, 5.41) is 0.426. The summed E-state index contributed by atoms with van der Waals surface area (Å²) in [5.41, 5.74) is 6.72. The maximum Gasteiger partial charge on any atom is 0.240 e. The van der Waals surface area contributed by atoms with Gasteiger partial charge in [0, 0.05) is 18.1 Å². The zero-order valence-corrected chi connectivity index (χ0v) is 12.6. The number of benzene rings is 2. The summed E-state index contributed by atoms with van der Waals surface area (Å²) in [6.45, 7) is 0.226. The Balaban J connectivity index is 2.16. The summed E-state index contributed by atoms with van der Waals surface area (Å²) >= 11 is 5.90. The first-order chi connectivity index (χ1) is 9.92. The maximum absolute atomic E-state index is 12.8. The van der Waals surface area contributed by atoms with Gasteiger partial charge in [0.25, 0.3) is 0 Å². The lowest BCUT2D eigenvalue weighted by molar-refractivity contribution is 0.581. The fourth-order valence-corrected chi connectivity index (χ4v) is 3.00. The van der Waals surface area contributed by atoms with Crippen LogP contribution >= 0.6 is 11.6 Å². The number of rotatable bonds is 5. The monoisotopic (exact) mass is 328 g/mol. The zero-order valence-electron chi connectivity index (χ0n) is 11.0. The molecule has 0 amide bonds. The summed E-state index contributed by atoms with van der Waals surface area (Å²) in [6, 6.07) is 9.94. The van der Waals surface area contributed by atoms with Gasteiger partial charge >= 0.3 is 0 Å². The minimum absolute atomic E-state index is 0.0726. The first-order valence-electron chi connectivity index (χ1n) is 6.15. The standard InChI is InChI=1S/C14H14ClFN2O2S/c15-14-6-5-13(7-11(14)8-17)21(19,20)18-9-10-1-3-12(16)4-2-10/h1-7,18H,8-9,17H2. The Hall–Kier alpha value is -1.47. The van der Waals surface area contributed by atoms with Crippen LogP contribution in [0.15, 0.2) is 47.4 Å². The molecule has 0 saturated heterocycles. The van der Waals surface area contributed by atoms with Crippen LogP contribution in [0.25, 0.3) is 0 Å². The fraction of sp³-hybridized carbons (Fsp3) is 0.143. The molecule has 0 heterocycles. The Morgan fingerprint density at radius 2 is 1.81 bits per heavy atom. The van der Waals surface area contributed by atoms with E-state index in [1.165, 1.54) is 42.5 Å². The molecule has 21 heavy (non-hydrogen) atoms. The van der Waals surface area contributed by atoms with Crippen LogP contribution < -0.4 is 10.5 Å². The minimum Gasteiger partial charge on any atom is -0.326 e. The molecule has 112 valence electrons. The highest BCUT2D eigenvalue weighted by Crippen LogP contribution is 2.20. The van der Waals surface area contributed by atoms with E-state index in [1.54, 1.807) is 0 Å². The molecular formula is C14H14ClFN2O2S. The van der Waals surface area contributed by atoms with Gasteiger partial charge in [0.1, 0.15) is 5.82 Å². The highest BCUT2D eigenvalue weighted by molar-refractivity contribution is 7.89. The summed E-state index contributed by atoms with van der Waals surface area (Å²) < 4.78 is 39.6. The molecule has 0 spiro atoms. The molecule has 0 saturated carbocycles. The SMILES string of the molecule is NCc1cc(S(=O)(=O)NCc2ccc(F)cc2)ccc1Cl. The van der Waals surface area contributed by atoms with Crippen molar-refractivity contribution in [2.75, 3.05) is 0 Å². The fourth-order valence-electron chi connectivity index (χ4n) is 1.74. The molecule has 2 rings (SSSR count). The van der Waals surface area contributed by atoms with E-state index < -0.39 is 10.0 Å². The Kier molecular flexibility index (Phi) is 4.95. The van der Waals surface area contributed by atoms with Gasteiger partial charge < -0.3 is 5.73 Å². The van der Waals surface area contributed by atoms with Gasteiger partial charge in [0.2, 0.25) is 10.0 Å². The summed E-state index contributed by atoms with van der Waals surface area (Å²) in [5.74, 6) is -0.369. The van der Waals surface area contributed by atoms with E-state index in [0.717, 1.165) is 0 Å². The van der Waals surface area contributed by atoms with Crippen molar-refractivity contribution in [1.29, 1.82) is 0 Å². The normalized spacial score (nSPS) is 11.6. The number of hydrogen-bond acceptors (Lipinski definition) is 3. The minimum atomic E-state index is -3.68. The van der Waals surface area contributed by atoms with E-state index >= 15 is 0 Å². The van der Waals surface area contributed by atoms with Crippen molar-refractivity contribution >= 4 is 21.6 Å². The average Bonchev–Trinajstić information content (AvgIpc) is 2.47. The van der Waals surface area contributed by atoms with Crippen LogP contribution in [0.2, 0.25) is 5.02 Å². The number of halogens is 2. The molecule has 3 N–H and O–H groups in total. The summed E-state index contributed by atoms with van der Waals surface area (Å²) in [7, 11) is -3.68. The Morgan fingerprint density at radius 1 is 1.14 bits per heavy atom. The van der Waals surface area contributed by atoms with Crippen LogP contribution in [0.3, 0.4) is 0 Å². The molecule has 0 atom stereocenters. The third-order valence-corrected chi connectivity index (χ3v) is 4.69. The van der Waals surface area contributed by atoms with Crippen molar-refractivity contribution < 1.29 is 12.8 Å². The molecule has 0 aromatic heterocycles. The zero-order chi connectivity index (χ0) is 15.5. The van der Waals surface area contributed by atoms with Crippen LogP contribution in [0.4, 0.5) is 4.39 Å². The molecule has 0 aliphatic rings. The Bertz CT molecular complexity index is 733. The lowest BCUT2D eigenvalue weighted by Gasteiger charge is -2.09. The van der Waals surface area contributed by atoms with Gasteiger partial charge in [-0.3, -0.25) is 0 Å². The quantitative estimate of drug-likeness (QED) is 0.885. The van der Waals surface area contributed by atoms with Crippen LogP contribution in [0.1, 0.15) is 11.1 Å². The second-order valence-corrected chi connectivity index (χ2v) is 6.58. The average molecular weight is 329 g/mol. The largest absolute Gasteiger partial charge is 0.326 e. The van der Waals surface area contributed by atoms with Crippen LogP contribution in [-0.4, -0.2) is 8.42 Å². The van der Waals surface area contributed by atoms with Gasteiger partial charge in [-0.2, -0.15) is 0 Å². The first kappa shape index (κ1) is 15.9. The van der Waals surface area contributed by atoms with Crippen molar-refractivity contribution in [2.24, 2.45) is 5.73 Å². The molecule has 0 aliphatic carbocycles. The van der Waals surface area contributed by atoms with Gasteiger partial charge in [-0.25, -0.2) is 17.5 Å². The maximum atomic E-state index is 12.8. The lowest BCUT2D eigenvalue weighted by Crippen LogP contribution is -2.23. The second kappa shape index (κ2) is 6.53. The van der Waals surface area contributed by atoms with E-state index in [-0.39, 0.29) is 23.8 Å². The number of nitrogens with two attached hydrogens (primary N) is 1. The van der Waals surface area contributed by atoms with Crippen LogP contribution in [0.5, 0.6) is 0 Å². The highest BCUT2D eigenvalue weighted by atomic mass is 35.5. The molecule has 2 aromatic carbocycles. The van der Waals surface area contributed by atoms with Crippen molar-refractivity contribution in [2.45, 2.75) is 18.0 Å². The van der Waals surface area contributed by atoms with Crippen LogP contribution in [-0.2, 0) is 23.1 Å². The Labute approximate surface area is 127 Å². The predicted octanol–water partition coefficient (Wildman–Crippen LogP) is 2.42. The molecule has 0 aliphatic heterocycles. The number of hydrogen-bond donors (Lipinski definition) is 2. The van der Waals surface area contributed by atoms with Crippen molar-refractivity contribution in [3.63, 3.8) is 0 Å². The van der Waals surface area contributed by atoms with E-state index in [2.05, 4.69) is 4.72 Å². The van der Waals surface area contributed by atoms with Crippen LogP contribution in [0, 0.1) is 5.82 Å². The summed E-state index contributed by atoms with van der Waals surface area (Å²) in [6.07, 6.45) is 0. The molecule has 0 radical (unpaired) electrons. The molecule has 0 bridgehead atoms. The molecule has 4 nitrogen and oxygen atoms in total. The molecular weight excluding hydrogens is 315 g/mol. The first-order valence-corrected chi connectivity index (χ1v) is 8.01. The molecule has 7 heteroatoms. The predicted molar refractivity (Wildman–Crippen MR) is 79.8 cm³/mol. The lowest BCUT2D eigenvalue weighted by atomic mass is 10.2. The molecule has 0 fully saturated rings. The highest BCUT2D eigenvalue weighted by Gasteiger charge is 2.15. The van der Waals surface area contributed by atoms with Gasteiger partial charge in [-0.1, -0.05) is 23.7 Å². The van der Waals surface area contributed by atoms with E-state index in [0.29, 0.717) is 16.1 Å². The Morgan fingerprint density at radius 3 is 2.43 bits per heavy atom. The van der Waals surface area contributed by atoms with E-state index in [9.17, 15) is 12.8 Å². The van der Waals surface area contributed by atoms with Gasteiger partial charge in [-0.15, -0.1) is 0 Å².